The van der Waals surface area contributed by atoms with E-state index in [9.17, 15) is 0 Å². The van der Waals surface area contributed by atoms with Gasteiger partial charge in [-0.2, -0.15) is 5.26 Å². The maximum Gasteiger partial charge on any atom is 0.0991 e. The summed E-state index contributed by atoms with van der Waals surface area (Å²) in [5.41, 5.74) is 2.14. The fourth-order valence-electron chi connectivity index (χ4n) is 2.25. The number of benzene rings is 1. The molecule has 1 aliphatic rings. The minimum Gasteiger partial charge on any atom is -0.384 e. The molecule has 1 heterocycles. The minimum absolute atomic E-state index is 0.339. The van der Waals surface area contributed by atoms with E-state index in [4.69, 9.17) is 5.26 Å². The molecule has 17 heavy (non-hydrogen) atoms. The van der Waals surface area contributed by atoms with Crippen LogP contribution in [0.2, 0.25) is 0 Å². The topological polar surface area (TPSA) is 47.9 Å². The first-order valence-corrected chi connectivity index (χ1v) is 6.17. The van der Waals surface area contributed by atoms with Crippen LogP contribution in [0.4, 0.5) is 5.69 Å². The van der Waals surface area contributed by atoms with Gasteiger partial charge in [0.25, 0.3) is 0 Å². The largest absolute Gasteiger partial charge is 0.384 e. The second-order valence-corrected chi connectivity index (χ2v) is 5.13. The normalized spacial score (nSPS) is 24.0. The summed E-state index contributed by atoms with van der Waals surface area (Å²) in [6.45, 7) is 5.52. The Morgan fingerprint density at radius 3 is 2.76 bits per heavy atom. The Labute approximate surface area is 103 Å². The lowest BCUT2D eigenvalue weighted by Crippen LogP contribution is -2.42. The van der Waals surface area contributed by atoms with Crippen LogP contribution in [0, 0.1) is 16.7 Å². The maximum absolute atomic E-state index is 8.72. The molecule has 1 aliphatic heterocycles. The van der Waals surface area contributed by atoms with Gasteiger partial charge in [0.1, 0.15) is 0 Å². The third-order valence-electron chi connectivity index (χ3n) is 3.42. The molecule has 0 aliphatic carbocycles. The summed E-state index contributed by atoms with van der Waals surface area (Å²) in [5.74, 6) is 0. The molecule has 0 bridgehead atoms. The standard InChI is InChI=1S/C14H19N3/c1-14(7-2-8-16-10-14)11-17-13-5-3-12(9-15)4-6-13/h3-6,16-17H,2,7-8,10-11H2,1H3. The quantitative estimate of drug-likeness (QED) is 0.836. The van der Waals surface area contributed by atoms with E-state index < -0.39 is 0 Å². The number of nitrogens with zero attached hydrogens (tertiary/aromatic N) is 1. The van der Waals surface area contributed by atoms with Crippen LogP contribution in [0.5, 0.6) is 0 Å². The van der Waals surface area contributed by atoms with Crippen LogP contribution in [-0.4, -0.2) is 19.6 Å². The number of hydrogen-bond acceptors (Lipinski definition) is 3. The molecule has 2 N–H and O–H groups in total. The number of hydrogen-bond donors (Lipinski definition) is 2. The average Bonchev–Trinajstić information content (AvgIpc) is 2.38. The van der Waals surface area contributed by atoms with Crippen LogP contribution >= 0.6 is 0 Å². The summed E-state index contributed by atoms with van der Waals surface area (Å²) in [5, 5.41) is 15.6. The van der Waals surface area contributed by atoms with Gasteiger partial charge in [-0.1, -0.05) is 6.92 Å². The smallest absolute Gasteiger partial charge is 0.0991 e. The van der Waals surface area contributed by atoms with E-state index in [1.165, 1.54) is 12.8 Å². The van der Waals surface area contributed by atoms with Crippen LogP contribution in [0.15, 0.2) is 24.3 Å². The van der Waals surface area contributed by atoms with Gasteiger partial charge in [0.05, 0.1) is 11.6 Å². The Morgan fingerprint density at radius 2 is 2.18 bits per heavy atom. The number of nitriles is 1. The SMILES string of the molecule is CC1(CNc2ccc(C#N)cc2)CCCNC1. The number of nitrogens with one attached hydrogen (secondary N) is 2. The Hall–Kier alpha value is -1.53. The second-order valence-electron chi connectivity index (χ2n) is 5.13. The van der Waals surface area contributed by atoms with E-state index in [2.05, 4.69) is 23.6 Å². The van der Waals surface area contributed by atoms with Gasteiger partial charge in [-0.3, -0.25) is 0 Å². The second kappa shape index (κ2) is 5.20. The zero-order chi connectivity index (χ0) is 12.1. The monoisotopic (exact) mass is 229 g/mol. The Morgan fingerprint density at radius 1 is 1.41 bits per heavy atom. The van der Waals surface area contributed by atoms with E-state index in [1.807, 2.05) is 24.3 Å². The molecule has 1 fully saturated rings. The zero-order valence-corrected chi connectivity index (χ0v) is 10.3. The van der Waals surface area contributed by atoms with Crippen molar-refractivity contribution in [2.75, 3.05) is 25.0 Å². The van der Waals surface area contributed by atoms with Crippen LogP contribution < -0.4 is 10.6 Å². The van der Waals surface area contributed by atoms with Crippen molar-refractivity contribution in [2.24, 2.45) is 5.41 Å². The van der Waals surface area contributed by atoms with Gasteiger partial charge in [-0.05, 0) is 49.1 Å². The van der Waals surface area contributed by atoms with Crippen molar-refractivity contribution in [3.8, 4) is 6.07 Å². The fraction of sp³-hybridized carbons (Fsp3) is 0.500. The lowest BCUT2D eigenvalue weighted by Gasteiger charge is -2.34. The molecule has 3 nitrogen and oxygen atoms in total. The van der Waals surface area contributed by atoms with Crippen molar-refractivity contribution in [3.63, 3.8) is 0 Å². The molecule has 1 saturated heterocycles. The van der Waals surface area contributed by atoms with Crippen LogP contribution in [0.25, 0.3) is 0 Å². The van der Waals surface area contributed by atoms with E-state index in [-0.39, 0.29) is 0 Å². The number of rotatable bonds is 3. The highest BCUT2D eigenvalue weighted by Gasteiger charge is 2.26. The minimum atomic E-state index is 0.339. The molecule has 1 unspecified atom stereocenters. The zero-order valence-electron chi connectivity index (χ0n) is 10.3. The summed E-state index contributed by atoms with van der Waals surface area (Å²) in [7, 11) is 0. The van der Waals surface area contributed by atoms with E-state index in [0.29, 0.717) is 11.0 Å². The third kappa shape index (κ3) is 3.21. The van der Waals surface area contributed by atoms with Crippen molar-refractivity contribution in [1.82, 2.24) is 5.32 Å². The highest BCUT2D eigenvalue weighted by atomic mass is 14.9. The van der Waals surface area contributed by atoms with Crippen LogP contribution in [0.3, 0.4) is 0 Å². The number of anilines is 1. The maximum atomic E-state index is 8.72. The summed E-state index contributed by atoms with van der Waals surface area (Å²) in [4.78, 5) is 0. The molecule has 1 atom stereocenters. The molecule has 0 aromatic heterocycles. The molecule has 90 valence electrons. The van der Waals surface area contributed by atoms with Crippen molar-refractivity contribution in [1.29, 1.82) is 5.26 Å². The molecule has 0 saturated carbocycles. The third-order valence-corrected chi connectivity index (χ3v) is 3.42. The van der Waals surface area contributed by atoms with Crippen molar-refractivity contribution in [3.05, 3.63) is 29.8 Å². The fourth-order valence-corrected chi connectivity index (χ4v) is 2.25. The predicted molar refractivity (Wildman–Crippen MR) is 69.9 cm³/mol. The molecule has 3 heteroatoms. The molecular weight excluding hydrogens is 210 g/mol. The van der Waals surface area contributed by atoms with Crippen molar-refractivity contribution >= 4 is 5.69 Å². The molecule has 0 spiro atoms. The highest BCUT2D eigenvalue weighted by Crippen LogP contribution is 2.25. The summed E-state index contributed by atoms with van der Waals surface area (Å²) in [6.07, 6.45) is 2.52. The first kappa shape index (κ1) is 11.9. The summed E-state index contributed by atoms with van der Waals surface area (Å²) in [6, 6.07) is 9.77. The lowest BCUT2D eigenvalue weighted by molar-refractivity contribution is 0.253. The Bertz CT molecular complexity index is 396. The van der Waals surface area contributed by atoms with Crippen molar-refractivity contribution in [2.45, 2.75) is 19.8 Å². The van der Waals surface area contributed by atoms with Gasteiger partial charge in [-0.15, -0.1) is 0 Å². The van der Waals surface area contributed by atoms with E-state index in [1.54, 1.807) is 0 Å². The Kier molecular flexibility index (Phi) is 3.65. The van der Waals surface area contributed by atoms with E-state index in [0.717, 1.165) is 25.3 Å². The van der Waals surface area contributed by atoms with Gasteiger partial charge in [0, 0.05) is 18.8 Å². The molecule has 0 radical (unpaired) electrons. The Balaban J connectivity index is 1.90. The van der Waals surface area contributed by atoms with Crippen LogP contribution in [-0.2, 0) is 0 Å². The first-order valence-electron chi connectivity index (χ1n) is 6.17. The van der Waals surface area contributed by atoms with Gasteiger partial charge in [0.2, 0.25) is 0 Å². The summed E-state index contributed by atoms with van der Waals surface area (Å²) >= 11 is 0. The molecular formula is C14H19N3. The van der Waals surface area contributed by atoms with Gasteiger partial charge >= 0.3 is 0 Å². The van der Waals surface area contributed by atoms with E-state index >= 15 is 0 Å². The lowest BCUT2D eigenvalue weighted by atomic mass is 9.83. The van der Waals surface area contributed by atoms with Gasteiger partial charge in [0.15, 0.2) is 0 Å². The van der Waals surface area contributed by atoms with Gasteiger partial charge in [-0.25, -0.2) is 0 Å². The van der Waals surface area contributed by atoms with Crippen LogP contribution in [0.1, 0.15) is 25.3 Å². The molecule has 2 rings (SSSR count). The summed E-state index contributed by atoms with van der Waals surface area (Å²) < 4.78 is 0. The first-order chi connectivity index (χ1) is 8.22. The molecule has 1 aromatic carbocycles. The number of piperidine rings is 1. The molecule has 1 aromatic rings. The predicted octanol–water partition coefficient (Wildman–Crippen LogP) is 2.36. The average molecular weight is 229 g/mol. The molecule has 0 amide bonds. The van der Waals surface area contributed by atoms with Gasteiger partial charge < -0.3 is 10.6 Å². The highest BCUT2D eigenvalue weighted by molar-refractivity contribution is 5.47. The van der Waals surface area contributed by atoms with Crippen molar-refractivity contribution < 1.29 is 0 Å².